The SMILES string of the molecule is O=C(CNC(=O)c1sc2ccccc2c1Cl)N/N=C\c1ccc(OC(=O)c2ccccc2Cl)cc1. The molecule has 0 radical (unpaired) electrons. The number of amides is 2. The summed E-state index contributed by atoms with van der Waals surface area (Å²) in [7, 11) is 0. The van der Waals surface area contributed by atoms with E-state index in [1.54, 1.807) is 48.5 Å². The van der Waals surface area contributed by atoms with Gasteiger partial charge >= 0.3 is 5.97 Å². The molecule has 10 heteroatoms. The molecule has 2 amide bonds. The van der Waals surface area contributed by atoms with Gasteiger partial charge in [0.2, 0.25) is 0 Å². The summed E-state index contributed by atoms with van der Waals surface area (Å²) >= 11 is 13.6. The number of rotatable bonds is 7. The first-order chi connectivity index (χ1) is 16.9. The Kier molecular flexibility index (Phi) is 7.77. The topological polar surface area (TPSA) is 96.9 Å². The van der Waals surface area contributed by atoms with Gasteiger partial charge < -0.3 is 10.1 Å². The minimum atomic E-state index is -0.566. The van der Waals surface area contributed by atoms with E-state index < -0.39 is 17.8 Å². The Morgan fingerprint density at radius 1 is 0.943 bits per heavy atom. The summed E-state index contributed by atoms with van der Waals surface area (Å²) in [5.41, 5.74) is 3.26. The number of carbonyl (C=O) groups is 3. The Morgan fingerprint density at radius 3 is 2.40 bits per heavy atom. The van der Waals surface area contributed by atoms with Gasteiger partial charge in [0.1, 0.15) is 10.6 Å². The normalized spacial score (nSPS) is 10.9. The number of hydrazone groups is 1. The molecule has 0 bridgehead atoms. The highest BCUT2D eigenvalue weighted by Gasteiger charge is 2.17. The molecule has 176 valence electrons. The second-order valence-electron chi connectivity index (χ2n) is 7.16. The van der Waals surface area contributed by atoms with Crippen LogP contribution in [0.1, 0.15) is 25.6 Å². The minimum Gasteiger partial charge on any atom is -0.423 e. The molecular formula is C25H17Cl2N3O4S. The van der Waals surface area contributed by atoms with E-state index in [0.29, 0.717) is 26.2 Å². The zero-order valence-corrected chi connectivity index (χ0v) is 20.3. The average molecular weight is 526 g/mol. The number of nitrogens with zero attached hydrogens (tertiary/aromatic N) is 1. The molecule has 0 unspecified atom stereocenters. The van der Waals surface area contributed by atoms with Gasteiger partial charge in [-0.1, -0.05) is 53.5 Å². The summed E-state index contributed by atoms with van der Waals surface area (Å²) in [6.07, 6.45) is 1.42. The van der Waals surface area contributed by atoms with E-state index in [-0.39, 0.29) is 12.1 Å². The summed E-state index contributed by atoms with van der Waals surface area (Å²) < 4.78 is 6.20. The van der Waals surface area contributed by atoms with Gasteiger partial charge in [-0.05, 0) is 48.0 Å². The average Bonchev–Trinajstić information content (AvgIpc) is 3.20. The largest absolute Gasteiger partial charge is 0.423 e. The molecule has 35 heavy (non-hydrogen) atoms. The van der Waals surface area contributed by atoms with Crippen molar-refractivity contribution in [3.8, 4) is 5.75 Å². The fourth-order valence-corrected chi connectivity index (χ4v) is 4.68. The summed E-state index contributed by atoms with van der Waals surface area (Å²) in [5, 5.41) is 7.87. The molecule has 0 saturated heterocycles. The molecule has 1 heterocycles. The first-order valence-corrected chi connectivity index (χ1v) is 11.8. The molecule has 0 aliphatic rings. The van der Waals surface area contributed by atoms with Crippen LogP contribution < -0.4 is 15.5 Å². The van der Waals surface area contributed by atoms with E-state index in [1.165, 1.54) is 17.6 Å². The quantitative estimate of drug-likeness (QED) is 0.148. The minimum absolute atomic E-state index is 0.266. The van der Waals surface area contributed by atoms with Crippen LogP contribution in [0.15, 0.2) is 77.9 Å². The summed E-state index contributed by atoms with van der Waals surface area (Å²) in [6.45, 7) is -0.266. The van der Waals surface area contributed by atoms with Crippen molar-refractivity contribution >= 4 is 68.6 Å². The van der Waals surface area contributed by atoms with Crippen LogP contribution in [-0.2, 0) is 4.79 Å². The van der Waals surface area contributed by atoms with Gasteiger partial charge in [-0.3, -0.25) is 9.59 Å². The number of halogens is 2. The highest BCUT2D eigenvalue weighted by atomic mass is 35.5. The fraction of sp³-hybridized carbons (Fsp3) is 0.0400. The van der Waals surface area contributed by atoms with E-state index in [9.17, 15) is 14.4 Å². The second-order valence-corrected chi connectivity index (χ2v) is 8.99. The molecule has 0 fully saturated rings. The Balaban J connectivity index is 1.26. The Hall–Kier alpha value is -3.72. The number of fused-ring (bicyclic) bond motifs is 1. The molecule has 2 N–H and O–H groups in total. The Morgan fingerprint density at radius 2 is 1.66 bits per heavy atom. The highest BCUT2D eigenvalue weighted by molar-refractivity contribution is 7.21. The van der Waals surface area contributed by atoms with E-state index >= 15 is 0 Å². The summed E-state index contributed by atoms with van der Waals surface area (Å²) in [4.78, 5) is 37.0. The molecule has 0 saturated carbocycles. The Labute approximate surface area is 214 Å². The van der Waals surface area contributed by atoms with Crippen molar-refractivity contribution in [1.29, 1.82) is 0 Å². The van der Waals surface area contributed by atoms with Crippen LogP contribution in [0.3, 0.4) is 0 Å². The molecular weight excluding hydrogens is 509 g/mol. The lowest BCUT2D eigenvalue weighted by Gasteiger charge is -2.06. The molecule has 4 aromatic rings. The third-order valence-corrected chi connectivity index (χ3v) is 6.74. The zero-order chi connectivity index (χ0) is 24.8. The lowest BCUT2D eigenvalue weighted by Crippen LogP contribution is -2.34. The standard InChI is InChI=1S/C25H17Cl2N3O4S/c26-19-7-3-1-5-17(19)25(33)34-16-11-9-15(10-12-16)13-29-30-21(31)14-28-24(32)23-22(27)18-6-2-4-8-20(18)35-23/h1-13H,14H2,(H,28,32)(H,30,31)/b29-13-. The van der Waals surface area contributed by atoms with Crippen molar-refractivity contribution in [2.75, 3.05) is 6.54 Å². The first kappa shape index (κ1) is 24.4. The third kappa shape index (κ3) is 6.05. The van der Waals surface area contributed by atoms with Crippen molar-refractivity contribution in [3.05, 3.63) is 98.8 Å². The maximum absolute atomic E-state index is 12.4. The number of ether oxygens (including phenoxy) is 1. The molecule has 0 atom stereocenters. The molecule has 3 aromatic carbocycles. The van der Waals surface area contributed by atoms with Crippen LogP contribution in [0, 0.1) is 0 Å². The molecule has 7 nitrogen and oxygen atoms in total. The van der Waals surface area contributed by atoms with Crippen molar-refractivity contribution in [3.63, 3.8) is 0 Å². The van der Waals surface area contributed by atoms with Gasteiger partial charge in [-0.25, -0.2) is 10.2 Å². The van der Waals surface area contributed by atoms with Gasteiger partial charge in [-0.2, -0.15) is 5.10 Å². The predicted molar refractivity (Wildman–Crippen MR) is 138 cm³/mol. The van der Waals surface area contributed by atoms with Gasteiger partial charge in [0.05, 0.1) is 28.4 Å². The number of esters is 1. The van der Waals surface area contributed by atoms with Crippen LogP contribution >= 0.6 is 34.5 Å². The van der Waals surface area contributed by atoms with Crippen LogP contribution in [0.25, 0.3) is 10.1 Å². The third-order valence-electron chi connectivity index (χ3n) is 4.74. The van der Waals surface area contributed by atoms with Crippen molar-refractivity contribution < 1.29 is 19.1 Å². The van der Waals surface area contributed by atoms with Crippen molar-refractivity contribution in [2.45, 2.75) is 0 Å². The fourth-order valence-electron chi connectivity index (χ4n) is 3.03. The maximum atomic E-state index is 12.4. The number of thiophene rings is 1. The lowest BCUT2D eigenvalue weighted by molar-refractivity contribution is -0.120. The predicted octanol–water partition coefficient (Wildman–Crippen LogP) is 5.31. The summed E-state index contributed by atoms with van der Waals surface area (Å²) in [6, 6.07) is 20.5. The number of carbonyl (C=O) groups excluding carboxylic acids is 3. The van der Waals surface area contributed by atoms with E-state index in [1.807, 2.05) is 24.3 Å². The number of benzene rings is 3. The van der Waals surface area contributed by atoms with Crippen LogP contribution in [0.2, 0.25) is 10.0 Å². The monoisotopic (exact) mass is 525 g/mol. The van der Waals surface area contributed by atoms with E-state index in [2.05, 4.69) is 15.8 Å². The van der Waals surface area contributed by atoms with Crippen molar-refractivity contribution in [2.24, 2.45) is 5.10 Å². The van der Waals surface area contributed by atoms with Gasteiger partial charge in [0.25, 0.3) is 11.8 Å². The number of nitrogens with one attached hydrogen (secondary N) is 2. The van der Waals surface area contributed by atoms with E-state index in [0.717, 1.165) is 10.1 Å². The maximum Gasteiger partial charge on any atom is 0.345 e. The molecule has 1 aromatic heterocycles. The lowest BCUT2D eigenvalue weighted by atomic mass is 10.2. The van der Waals surface area contributed by atoms with Crippen LogP contribution in [0.5, 0.6) is 5.75 Å². The molecule has 0 aliphatic heterocycles. The van der Waals surface area contributed by atoms with Gasteiger partial charge in [-0.15, -0.1) is 11.3 Å². The smallest absolute Gasteiger partial charge is 0.345 e. The van der Waals surface area contributed by atoms with Crippen molar-refractivity contribution in [1.82, 2.24) is 10.7 Å². The number of hydrogen-bond acceptors (Lipinski definition) is 6. The Bertz CT molecular complexity index is 1430. The number of hydrogen-bond donors (Lipinski definition) is 2. The molecule has 0 spiro atoms. The molecule has 4 rings (SSSR count). The zero-order valence-electron chi connectivity index (χ0n) is 18.0. The first-order valence-electron chi connectivity index (χ1n) is 10.3. The van der Waals surface area contributed by atoms with E-state index in [4.69, 9.17) is 27.9 Å². The highest BCUT2D eigenvalue weighted by Crippen LogP contribution is 2.34. The summed E-state index contributed by atoms with van der Waals surface area (Å²) in [5.74, 6) is -1.17. The van der Waals surface area contributed by atoms with Crippen LogP contribution in [-0.4, -0.2) is 30.5 Å². The van der Waals surface area contributed by atoms with Gasteiger partial charge in [0.15, 0.2) is 0 Å². The second kappa shape index (κ2) is 11.1. The van der Waals surface area contributed by atoms with Crippen LogP contribution in [0.4, 0.5) is 0 Å². The van der Waals surface area contributed by atoms with Gasteiger partial charge in [0, 0.05) is 10.1 Å². The molecule has 0 aliphatic carbocycles.